The molecule has 0 N–H and O–H groups in total. The van der Waals surface area contributed by atoms with Crippen molar-refractivity contribution in [3.8, 4) is 11.3 Å². The molecule has 2 aliphatic rings. The molecule has 6 atom stereocenters. The van der Waals surface area contributed by atoms with Crippen LogP contribution >= 0.6 is 23.4 Å². The molecule has 44 heavy (non-hydrogen) atoms. The van der Waals surface area contributed by atoms with Crippen LogP contribution in [-0.2, 0) is 25.1 Å². The van der Waals surface area contributed by atoms with Gasteiger partial charge in [-0.3, -0.25) is 4.98 Å². The fraction of sp³-hybridized carbons (Fsp3) is 0.345. The molecule has 2 fully saturated rings. The standard InChI is InChI=1S/C29H24ClF5N4O4S/c1-14-8-17(11-36-26(14)29(33,34)35)44-28-25(40-2)23(24-21(42-28)13-41-27(43-24)15-6-4-3-5-7-15)39-12-20(37-38-39)16-9-18(31)22(30)19(32)10-16/h3-12,21,23-25,27-28H,13H2,1-2H3/t21?,23?,24-,25?,27?,28+/m0/s1. The smallest absolute Gasteiger partial charge is 0.375 e. The van der Waals surface area contributed by atoms with Gasteiger partial charge >= 0.3 is 6.18 Å². The molecule has 2 aromatic carbocycles. The number of ether oxygens (including phenoxy) is 4. The van der Waals surface area contributed by atoms with Crippen LogP contribution in [0, 0.1) is 18.6 Å². The first-order valence-corrected chi connectivity index (χ1v) is 14.6. The van der Waals surface area contributed by atoms with Gasteiger partial charge in [0.1, 0.15) is 57.8 Å². The Labute approximate surface area is 257 Å². The van der Waals surface area contributed by atoms with E-state index in [1.807, 2.05) is 30.3 Å². The van der Waals surface area contributed by atoms with Crippen molar-refractivity contribution in [1.82, 2.24) is 20.0 Å². The SMILES string of the molecule is COC1C(n2cc(-c3cc(F)c(Cl)c(F)c3)nn2)[C@H]2OC(c3ccccc3)OCC2O[C@@H]1Sc1cnc(C(F)(F)F)c(C)c1. The predicted octanol–water partition coefficient (Wildman–Crippen LogP) is 6.79. The molecule has 0 radical (unpaired) electrons. The van der Waals surface area contributed by atoms with Crippen molar-refractivity contribution in [3.05, 3.63) is 94.4 Å². The number of hydrogen-bond acceptors (Lipinski definition) is 8. The van der Waals surface area contributed by atoms with Crippen LogP contribution in [0.1, 0.15) is 29.2 Å². The molecule has 2 aromatic heterocycles. The summed E-state index contributed by atoms with van der Waals surface area (Å²) in [6, 6.07) is 12.0. The van der Waals surface area contributed by atoms with E-state index in [0.29, 0.717) is 4.90 Å². The fourth-order valence-electron chi connectivity index (χ4n) is 5.30. The number of rotatable bonds is 6. The highest BCUT2D eigenvalue weighted by molar-refractivity contribution is 7.99. The van der Waals surface area contributed by atoms with Crippen LogP contribution in [0.15, 0.2) is 65.8 Å². The highest BCUT2D eigenvalue weighted by Crippen LogP contribution is 2.45. The number of fused-ring (bicyclic) bond motifs is 1. The lowest BCUT2D eigenvalue weighted by Crippen LogP contribution is -2.59. The maximum absolute atomic E-state index is 14.2. The van der Waals surface area contributed by atoms with Gasteiger partial charge in [0.15, 0.2) is 6.29 Å². The molecule has 8 nitrogen and oxygen atoms in total. The van der Waals surface area contributed by atoms with Crippen LogP contribution in [0.4, 0.5) is 22.0 Å². The van der Waals surface area contributed by atoms with Crippen LogP contribution in [0.5, 0.6) is 0 Å². The predicted molar refractivity (Wildman–Crippen MR) is 149 cm³/mol. The van der Waals surface area contributed by atoms with Crippen molar-refractivity contribution in [2.75, 3.05) is 13.7 Å². The van der Waals surface area contributed by atoms with E-state index in [1.54, 1.807) is 0 Å². The first kappa shape index (κ1) is 30.9. The van der Waals surface area contributed by atoms with Gasteiger partial charge in [-0.05, 0) is 30.7 Å². The lowest BCUT2D eigenvalue weighted by Gasteiger charge is -2.48. The molecule has 0 spiro atoms. The van der Waals surface area contributed by atoms with E-state index < -0.39 is 64.6 Å². The largest absolute Gasteiger partial charge is 0.433 e. The van der Waals surface area contributed by atoms with E-state index in [-0.39, 0.29) is 23.4 Å². The van der Waals surface area contributed by atoms with E-state index in [4.69, 9.17) is 30.5 Å². The van der Waals surface area contributed by atoms with Crippen LogP contribution in [0.3, 0.4) is 0 Å². The number of pyridine rings is 1. The van der Waals surface area contributed by atoms with Crippen LogP contribution in [-0.4, -0.2) is 57.4 Å². The summed E-state index contributed by atoms with van der Waals surface area (Å²) in [6.45, 7) is 1.45. The van der Waals surface area contributed by atoms with Crippen molar-refractivity contribution in [1.29, 1.82) is 0 Å². The van der Waals surface area contributed by atoms with Gasteiger partial charge in [-0.25, -0.2) is 13.5 Å². The number of alkyl halides is 3. The first-order valence-electron chi connectivity index (χ1n) is 13.3. The Morgan fingerprint density at radius 3 is 2.45 bits per heavy atom. The maximum Gasteiger partial charge on any atom is 0.433 e. The normalized spacial score (nSPS) is 25.5. The zero-order valence-corrected chi connectivity index (χ0v) is 24.6. The first-order chi connectivity index (χ1) is 21.0. The summed E-state index contributed by atoms with van der Waals surface area (Å²) < 4.78 is 94.6. The molecule has 6 rings (SSSR count). The summed E-state index contributed by atoms with van der Waals surface area (Å²) in [4.78, 5) is 4.06. The second kappa shape index (κ2) is 12.3. The summed E-state index contributed by atoms with van der Waals surface area (Å²) in [5, 5.41) is 7.77. The van der Waals surface area contributed by atoms with Gasteiger partial charge in [-0.1, -0.05) is 58.9 Å². The van der Waals surface area contributed by atoms with Gasteiger partial charge in [0.05, 0.1) is 12.8 Å². The molecule has 4 heterocycles. The fourth-order valence-corrected chi connectivity index (χ4v) is 6.64. The topological polar surface area (TPSA) is 80.5 Å². The molecular weight excluding hydrogens is 631 g/mol. The molecule has 232 valence electrons. The van der Waals surface area contributed by atoms with Crippen molar-refractivity contribution in [2.45, 2.75) is 54.1 Å². The van der Waals surface area contributed by atoms with E-state index in [9.17, 15) is 22.0 Å². The molecule has 15 heteroatoms. The highest BCUT2D eigenvalue weighted by Gasteiger charge is 2.52. The molecule has 2 aliphatic heterocycles. The third kappa shape index (κ3) is 6.06. The van der Waals surface area contributed by atoms with E-state index in [2.05, 4.69) is 15.3 Å². The van der Waals surface area contributed by atoms with Crippen molar-refractivity contribution in [3.63, 3.8) is 0 Å². The highest BCUT2D eigenvalue weighted by atomic mass is 35.5. The summed E-state index contributed by atoms with van der Waals surface area (Å²) in [5.41, 5.74) is -0.745. The third-order valence-electron chi connectivity index (χ3n) is 7.32. The number of halogens is 6. The molecule has 0 aliphatic carbocycles. The number of thioether (sulfide) groups is 1. The second-order valence-electron chi connectivity index (χ2n) is 10.2. The number of hydrogen-bond donors (Lipinski definition) is 0. The molecular formula is C29H24ClF5N4O4S. The molecule has 0 bridgehead atoms. The minimum Gasteiger partial charge on any atom is -0.375 e. The number of benzene rings is 2. The summed E-state index contributed by atoms with van der Waals surface area (Å²) in [7, 11) is 1.46. The second-order valence-corrected chi connectivity index (χ2v) is 11.7. The number of nitrogens with zero attached hydrogens (tertiary/aromatic N) is 4. The Bertz CT molecular complexity index is 1620. The van der Waals surface area contributed by atoms with Crippen molar-refractivity contribution < 1.29 is 40.9 Å². The summed E-state index contributed by atoms with van der Waals surface area (Å²) in [5.74, 6) is -1.90. The van der Waals surface area contributed by atoms with Gasteiger partial charge in [-0.2, -0.15) is 13.2 Å². The molecule has 4 unspecified atom stereocenters. The van der Waals surface area contributed by atoms with Gasteiger partial charge in [-0.15, -0.1) is 5.10 Å². The van der Waals surface area contributed by atoms with Gasteiger partial charge in [0, 0.05) is 29.3 Å². The molecule has 2 saturated heterocycles. The molecule has 0 saturated carbocycles. The Hall–Kier alpha value is -3.14. The zero-order valence-electron chi connectivity index (χ0n) is 23.0. The Balaban J connectivity index is 1.36. The van der Waals surface area contributed by atoms with Crippen LogP contribution in [0.2, 0.25) is 5.02 Å². The quantitative estimate of drug-likeness (QED) is 0.166. The van der Waals surface area contributed by atoms with E-state index >= 15 is 0 Å². The number of aromatic nitrogens is 4. The maximum atomic E-state index is 14.2. The minimum atomic E-state index is -4.59. The van der Waals surface area contributed by atoms with E-state index in [1.165, 1.54) is 31.0 Å². The van der Waals surface area contributed by atoms with E-state index in [0.717, 1.165) is 35.7 Å². The van der Waals surface area contributed by atoms with Crippen LogP contribution < -0.4 is 0 Å². The molecule has 4 aromatic rings. The van der Waals surface area contributed by atoms with Gasteiger partial charge < -0.3 is 18.9 Å². The summed E-state index contributed by atoms with van der Waals surface area (Å²) in [6.07, 6.45) is -4.82. The van der Waals surface area contributed by atoms with Crippen molar-refractivity contribution >= 4 is 23.4 Å². The van der Waals surface area contributed by atoms with Gasteiger partial charge in [0.2, 0.25) is 0 Å². The Kier molecular flexibility index (Phi) is 8.65. The molecule has 0 amide bonds. The lowest BCUT2D eigenvalue weighted by molar-refractivity contribution is -0.308. The third-order valence-corrected chi connectivity index (χ3v) is 8.79. The zero-order chi connectivity index (χ0) is 31.2. The Morgan fingerprint density at radius 2 is 1.80 bits per heavy atom. The van der Waals surface area contributed by atoms with Crippen molar-refractivity contribution in [2.24, 2.45) is 0 Å². The monoisotopic (exact) mass is 654 g/mol. The Morgan fingerprint density at radius 1 is 1.07 bits per heavy atom. The average Bonchev–Trinajstić information content (AvgIpc) is 3.48. The number of methoxy groups -OCH3 is 1. The van der Waals surface area contributed by atoms with Gasteiger partial charge in [0.25, 0.3) is 0 Å². The average molecular weight is 655 g/mol. The lowest BCUT2D eigenvalue weighted by atomic mass is 9.95. The minimum absolute atomic E-state index is 0.0416. The summed E-state index contributed by atoms with van der Waals surface area (Å²) >= 11 is 6.78. The van der Waals surface area contributed by atoms with Crippen LogP contribution in [0.25, 0.3) is 11.3 Å². The number of aryl methyl sites for hydroxylation is 1.